The molecule has 0 spiro atoms. The first-order chi connectivity index (χ1) is 20.2. The zero-order valence-electron chi connectivity index (χ0n) is 26.0. The number of hydrogen-bond donors (Lipinski definition) is 1. The summed E-state index contributed by atoms with van der Waals surface area (Å²) in [5, 5.41) is 3.58. The van der Waals surface area contributed by atoms with Crippen molar-refractivity contribution in [3.05, 3.63) is 176 Å². The van der Waals surface area contributed by atoms with Crippen LogP contribution in [0.1, 0.15) is 57.7 Å². The van der Waals surface area contributed by atoms with Crippen molar-refractivity contribution in [1.29, 1.82) is 0 Å². The molecule has 1 N–H and O–H groups in total. The summed E-state index contributed by atoms with van der Waals surface area (Å²) < 4.78 is 0. The van der Waals surface area contributed by atoms with Crippen LogP contribution in [-0.4, -0.2) is 4.98 Å². The molecule has 0 aliphatic rings. The number of nitrogens with zero attached hydrogens (tertiary/aromatic N) is 1. The fraction of sp³-hybridized carbons (Fsp3) is 0.175. The van der Waals surface area contributed by atoms with Gasteiger partial charge in [-0.2, -0.15) is 0 Å². The normalized spacial score (nSPS) is 13.1. The summed E-state index contributed by atoms with van der Waals surface area (Å²) in [4.78, 5) is 4.99. The zero-order valence-corrected chi connectivity index (χ0v) is 26.0. The van der Waals surface area contributed by atoms with Gasteiger partial charge in [0.25, 0.3) is 0 Å². The first-order valence-corrected chi connectivity index (χ1v) is 14.3. The Balaban J connectivity index is 0.000000675. The minimum absolute atomic E-state index is 0.0405. The van der Waals surface area contributed by atoms with Crippen LogP contribution in [0, 0.1) is 0 Å². The molecule has 0 fully saturated rings. The second-order valence-electron chi connectivity index (χ2n) is 10.2. The van der Waals surface area contributed by atoms with Gasteiger partial charge in [-0.1, -0.05) is 111 Å². The number of aromatic nitrogens is 1. The third kappa shape index (κ3) is 9.74. The number of rotatable bonds is 12. The van der Waals surface area contributed by atoms with Crippen molar-refractivity contribution in [1.82, 2.24) is 10.3 Å². The SMILES string of the molecule is C=C/C=C(/C)C(=C)C.C=C/C=C(NC(C=C)c1cccc(-c2cccc(-c3cccc(C(C)C=C)c3)n2)c1)\C(C)=C/C. The summed E-state index contributed by atoms with van der Waals surface area (Å²) in [6, 6.07) is 23.1. The summed E-state index contributed by atoms with van der Waals surface area (Å²) in [5.74, 6) is 0.300. The number of hydrogen-bond acceptors (Lipinski definition) is 2. The van der Waals surface area contributed by atoms with E-state index in [-0.39, 0.29) is 6.04 Å². The molecule has 0 bridgehead atoms. The van der Waals surface area contributed by atoms with Crippen molar-refractivity contribution in [3.63, 3.8) is 0 Å². The van der Waals surface area contributed by atoms with Gasteiger partial charge < -0.3 is 5.32 Å². The van der Waals surface area contributed by atoms with E-state index in [2.05, 4.69) is 125 Å². The predicted molar refractivity (Wildman–Crippen MR) is 186 cm³/mol. The van der Waals surface area contributed by atoms with Crippen LogP contribution in [0.4, 0.5) is 0 Å². The average Bonchev–Trinajstić information content (AvgIpc) is 3.02. The third-order valence-electron chi connectivity index (χ3n) is 7.08. The van der Waals surface area contributed by atoms with E-state index in [9.17, 15) is 0 Å². The summed E-state index contributed by atoms with van der Waals surface area (Å²) in [5.41, 5.74) is 10.9. The van der Waals surface area contributed by atoms with E-state index in [4.69, 9.17) is 4.98 Å². The molecule has 0 amide bonds. The summed E-state index contributed by atoms with van der Waals surface area (Å²) in [6.45, 7) is 29.4. The Morgan fingerprint density at radius 2 is 1.29 bits per heavy atom. The Bertz CT molecular complexity index is 1500. The number of allylic oxidation sites excluding steroid dienone is 9. The van der Waals surface area contributed by atoms with Gasteiger partial charge in [0.1, 0.15) is 0 Å². The fourth-order valence-corrected chi connectivity index (χ4v) is 4.10. The van der Waals surface area contributed by atoms with Crippen molar-refractivity contribution in [2.24, 2.45) is 0 Å². The predicted octanol–water partition coefficient (Wildman–Crippen LogP) is 11.3. The van der Waals surface area contributed by atoms with E-state index in [0.29, 0.717) is 5.92 Å². The highest BCUT2D eigenvalue weighted by Gasteiger charge is 2.12. The minimum atomic E-state index is -0.0405. The number of pyridine rings is 1. The molecule has 3 rings (SSSR count). The molecule has 2 unspecified atom stereocenters. The van der Waals surface area contributed by atoms with Crippen LogP contribution in [0.5, 0.6) is 0 Å². The molecule has 0 saturated carbocycles. The van der Waals surface area contributed by atoms with Crippen LogP contribution in [0.3, 0.4) is 0 Å². The molecule has 42 heavy (non-hydrogen) atoms. The molecule has 2 aromatic carbocycles. The van der Waals surface area contributed by atoms with Crippen LogP contribution in [0.25, 0.3) is 22.5 Å². The van der Waals surface area contributed by atoms with Gasteiger partial charge in [-0.3, -0.25) is 0 Å². The summed E-state index contributed by atoms with van der Waals surface area (Å²) in [7, 11) is 0. The highest BCUT2D eigenvalue weighted by molar-refractivity contribution is 5.67. The lowest BCUT2D eigenvalue weighted by atomic mass is 9.97. The van der Waals surface area contributed by atoms with Crippen LogP contribution < -0.4 is 5.32 Å². The Morgan fingerprint density at radius 1 is 0.738 bits per heavy atom. The molecular formula is C40H46N2. The lowest BCUT2D eigenvalue weighted by Gasteiger charge is -2.20. The third-order valence-corrected chi connectivity index (χ3v) is 7.08. The van der Waals surface area contributed by atoms with E-state index in [1.807, 2.05) is 45.1 Å². The first-order valence-electron chi connectivity index (χ1n) is 14.3. The van der Waals surface area contributed by atoms with Gasteiger partial charge in [0.2, 0.25) is 0 Å². The second kappa shape index (κ2) is 17.2. The van der Waals surface area contributed by atoms with Crippen molar-refractivity contribution in [3.8, 4) is 22.5 Å². The lowest BCUT2D eigenvalue weighted by molar-refractivity contribution is 0.721. The highest BCUT2D eigenvalue weighted by Crippen LogP contribution is 2.28. The monoisotopic (exact) mass is 554 g/mol. The van der Waals surface area contributed by atoms with Gasteiger partial charge in [-0.15, -0.1) is 13.2 Å². The average molecular weight is 555 g/mol. The molecule has 0 aliphatic carbocycles. The molecule has 216 valence electrons. The topological polar surface area (TPSA) is 24.9 Å². The van der Waals surface area contributed by atoms with Gasteiger partial charge in [0.15, 0.2) is 0 Å². The Morgan fingerprint density at radius 3 is 1.76 bits per heavy atom. The lowest BCUT2D eigenvalue weighted by Crippen LogP contribution is -2.19. The maximum Gasteiger partial charge on any atom is 0.0709 e. The van der Waals surface area contributed by atoms with Gasteiger partial charge in [0.05, 0.1) is 17.4 Å². The molecule has 3 aromatic rings. The van der Waals surface area contributed by atoms with Gasteiger partial charge in [-0.05, 0) is 86.2 Å². The van der Waals surface area contributed by atoms with Crippen LogP contribution in [0.15, 0.2) is 165 Å². The van der Waals surface area contributed by atoms with Gasteiger partial charge >= 0.3 is 0 Å². The fourth-order valence-electron chi connectivity index (χ4n) is 4.10. The quantitative estimate of drug-likeness (QED) is 0.178. The van der Waals surface area contributed by atoms with Crippen molar-refractivity contribution < 1.29 is 0 Å². The summed E-state index contributed by atoms with van der Waals surface area (Å²) in [6.07, 6.45) is 13.5. The van der Waals surface area contributed by atoms with Crippen LogP contribution in [0.2, 0.25) is 0 Å². The standard InChI is InChI=1S/C32H34N2.C8H12/c1-7-14-30(24(6)9-3)33-29(10-4)26-16-12-18-28(22-26)32-20-13-19-31(34-32)27-17-11-15-25(21-27)23(5)8-2;1-5-6-8(4)7(2)3/h7-23,29,33H,1-2,4H2,3,5-6H3;5-6H,1-2H2,3-4H3/b24-9-,30-14+;8-6-. The van der Waals surface area contributed by atoms with E-state index in [0.717, 1.165) is 44.9 Å². The molecule has 1 heterocycles. The molecule has 0 radical (unpaired) electrons. The maximum absolute atomic E-state index is 4.99. The molecule has 1 aromatic heterocycles. The Hall–Kier alpha value is -4.69. The number of nitrogens with one attached hydrogen (secondary N) is 1. The van der Waals surface area contributed by atoms with Crippen LogP contribution in [-0.2, 0) is 0 Å². The highest BCUT2D eigenvalue weighted by atomic mass is 14.9. The largest absolute Gasteiger partial charge is 0.375 e. The molecule has 2 atom stereocenters. The Labute approximate surface area is 254 Å². The van der Waals surface area contributed by atoms with Crippen LogP contribution >= 0.6 is 0 Å². The molecular weight excluding hydrogens is 508 g/mol. The summed E-state index contributed by atoms with van der Waals surface area (Å²) >= 11 is 0. The number of benzene rings is 2. The van der Waals surface area contributed by atoms with E-state index in [1.54, 1.807) is 12.2 Å². The first kappa shape index (κ1) is 33.5. The van der Waals surface area contributed by atoms with Crippen molar-refractivity contribution >= 4 is 0 Å². The van der Waals surface area contributed by atoms with E-state index < -0.39 is 0 Å². The second-order valence-corrected chi connectivity index (χ2v) is 10.2. The van der Waals surface area contributed by atoms with Gasteiger partial charge in [0, 0.05) is 16.8 Å². The van der Waals surface area contributed by atoms with Crippen molar-refractivity contribution in [2.45, 2.75) is 46.6 Å². The smallest absolute Gasteiger partial charge is 0.0709 e. The molecule has 2 nitrogen and oxygen atoms in total. The molecule has 0 aliphatic heterocycles. The Kier molecular flexibility index (Phi) is 13.7. The molecule has 0 saturated heterocycles. The van der Waals surface area contributed by atoms with Gasteiger partial charge in [-0.25, -0.2) is 4.98 Å². The molecule has 2 heteroatoms. The maximum atomic E-state index is 4.99. The van der Waals surface area contributed by atoms with E-state index >= 15 is 0 Å². The zero-order chi connectivity index (χ0) is 31.1. The van der Waals surface area contributed by atoms with Crippen molar-refractivity contribution in [2.75, 3.05) is 0 Å². The van der Waals surface area contributed by atoms with E-state index in [1.165, 1.54) is 11.1 Å². The minimum Gasteiger partial charge on any atom is -0.375 e.